The lowest BCUT2D eigenvalue weighted by Crippen LogP contribution is -2.24. The first-order chi connectivity index (χ1) is 14.2. The third-order valence-electron chi connectivity index (χ3n) is 4.84. The Morgan fingerprint density at radius 3 is 2.21 bits per heavy atom. The van der Waals surface area contributed by atoms with Crippen LogP contribution in [0.4, 0.5) is 0 Å². The highest BCUT2D eigenvalue weighted by Crippen LogP contribution is 2.23. The van der Waals surface area contributed by atoms with Gasteiger partial charge in [0.15, 0.2) is 0 Å². The van der Waals surface area contributed by atoms with E-state index in [2.05, 4.69) is 29.4 Å². The van der Waals surface area contributed by atoms with Crippen LogP contribution in [0.15, 0.2) is 53.5 Å². The van der Waals surface area contributed by atoms with Crippen molar-refractivity contribution in [1.29, 1.82) is 0 Å². The van der Waals surface area contributed by atoms with Crippen LogP contribution in [0, 0.1) is 0 Å². The van der Waals surface area contributed by atoms with Crippen LogP contribution in [0.2, 0.25) is 0 Å². The Labute approximate surface area is 175 Å². The molecule has 2 rings (SSSR count). The van der Waals surface area contributed by atoms with Crippen LogP contribution in [-0.4, -0.2) is 32.3 Å². The summed E-state index contributed by atoms with van der Waals surface area (Å²) in [5.74, 6) is 0.855. The number of ether oxygens (including phenoxy) is 1. The van der Waals surface area contributed by atoms with E-state index in [9.17, 15) is 4.79 Å². The number of nitrogens with zero attached hydrogens (tertiary/aromatic N) is 1. The molecule has 0 aliphatic carbocycles. The zero-order valence-corrected chi connectivity index (χ0v) is 17.8. The number of aliphatic imine (C=N–C) groups is 1. The van der Waals surface area contributed by atoms with Gasteiger partial charge in [0.05, 0.1) is 6.61 Å². The van der Waals surface area contributed by atoms with Crippen LogP contribution in [0.25, 0.3) is 11.1 Å². The van der Waals surface area contributed by atoms with Gasteiger partial charge in [-0.2, -0.15) is 0 Å². The first-order valence-corrected chi connectivity index (χ1v) is 10.8. The van der Waals surface area contributed by atoms with Crippen molar-refractivity contribution in [3.63, 3.8) is 0 Å². The van der Waals surface area contributed by atoms with Gasteiger partial charge in [0.25, 0.3) is 5.91 Å². The second kappa shape index (κ2) is 13.5. The van der Waals surface area contributed by atoms with Gasteiger partial charge in [-0.15, -0.1) is 0 Å². The highest BCUT2D eigenvalue weighted by Gasteiger charge is 2.05. The molecule has 0 aromatic heterocycles. The van der Waals surface area contributed by atoms with Crippen LogP contribution < -0.4 is 10.1 Å². The molecule has 0 spiro atoms. The van der Waals surface area contributed by atoms with Crippen molar-refractivity contribution in [2.75, 3.05) is 20.2 Å². The number of rotatable bonds is 13. The number of nitrogens with one attached hydrogen (secondary N) is 1. The van der Waals surface area contributed by atoms with Gasteiger partial charge >= 0.3 is 0 Å². The van der Waals surface area contributed by atoms with Gasteiger partial charge < -0.3 is 15.0 Å². The molecule has 1 amide bonds. The number of benzene rings is 2. The molecule has 0 atom stereocenters. The molecule has 2 aromatic carbocycles. The van der Waals surface area contributed by atoms with E-state index in [1.807, 2.05) is 36.4 Å². The van der Waals surface area contributed by atoms with Crippen molar-refractivity contribution in [3.8, 4) is 16.9 Å². The fraction of sp³-hybridized carbons (Fsp3) is 0.440. The molecule has 156 valence electrons. The maximum absolute atomic E-state index is 12.1. The van der Waals surface area contributed by atoms with Crippen molar-refractivity contribution in [2.45, 2.75) is 51.9 Å². The minimum atomic E-state index is -0.0560. The second-order valence-electron chi connectivity index (χ2n) is 7.20. The van der Waals surface area contributed by atoms with Gasteiger partial charge in [-0.3, -0.25) is 4.79 Å². The summed E-state index contributed by atoms with van der Waals surface area (Å²) in [7, 11) is 1.73. The molecule has 0 fully saturated rings. The fourth-order valence-corrected chi connectivity index (χ4v) is 3.11. The van der Waals surface area contributed by atoms with E-state index in [1.54, 1.807) is 13.3 Å². The van der Waals surface area contributed by atoms with Crippen molar-refractivity contribution >= 4 is 12.1 Å². The van der Waals surface area contributed by atoms with E-state index in [-0.39, 0.29) is 5.91 Å². The van der Waals surface area contributed by atoms with Gasteiger partial charge in [0.2, 0.25) is 0 Å². The van der Waals surface area contributed by atoms with E-state index >= 15 is 0 Å². The van der Waals surface area contributed by atoms with Gasteiger partial charge in [0, 0.05) is 25.4 Å². The largest absolute Gasteiger partial charge is 0.494 e. The standard InChI is InChI=1S/C25H34N2O2/c1-3-4-5-6-7-8-20-29-24-16-14-22(15-17-24)21-10-12-23(13-11-21)25(28)27-19-9-18-26-2/h10-18H,3-9,19-20H2,1-2H3,(H,27,28)/b26-18-. The second-order valence-corrected chi connectivity index (χ2v) is 7.20. The predicted molar refractivity (Wildman–Crippen MR) is 122 cm³/mol. The average molecular weight is 395 g/mol. The van der Waals surface area contributed by atoms with Gasteiger partial charge in [-0.05, 0) is 48.2 Å². The highest BCUT2D eigenvalue weighted by molar-refractivity contribution is 5.94. The summed E-state index contributed by atoms with van der Waals surface area (Å²) in [5.41, 5.74) is 2.87. The molecule has 0 saturated carbocycles. The minimum absolute atomic E-state index is 0.0560. The average Bonchev–Trinajstić information content (AvgIpc) is 2.76. The number of hydrogen-bond donors (Lipinski definition) is 1. The lowest BCUT2D eigenvalue weighted by molar-refractivity contribution is 0.0955. The number of carbonyl (C=O) groups is 1. The Morgan fingerprint density at radius 2 is 1.55 bits per heavy atom. The van der Waals surface area contributed by atoms with Crippen LogP contribution in [0.3, 0.4) is 0 Å². The van der Waals surface area contributed by atoms with Crippen LogP contribution in [0.5, 0.6) is 5.75 Å². The summed E-state index contributed by atoms with van der Waals surface area (Å²) in [6.45, 7) is 3.61. The Bertz CT molecular complexity index is 736. The number of unbranched alkanes of at least 4 members (excludes halogenated alkanes) is 5. The van der Waals surface area contributed by atoms with Gasteiger partial charge in [-0.25, -0.2) is 0 Å². The maximum atomic E-state index is 12.1. The monoisotopic (exact) mass is 394 g/mol. The van der Waals surface area contributed by atoms with E-state index in [0.717, 1.165) is 36.3 Å². The van der Waals surface area contributed by atoms with Crippen molar-refractivity contribution < 1.29 is 9.53 Å². The van der Waals surface area contributed by atoms with Crippen molar-refractivity contribution in [3.05, 3.63) is 54.1 Å². The minimum Gasteiger partial charge on any atom is -0.494 e. The zero-order valence-electron chi connectivity index (χ0n) is 17.8. The SMILES string of the molecule is CCCCCCCCOc1ccc(-c2ccc(C(=O)NCC/C=N\C)cc2)cc1. The molecule has 0 unspecified atom stereocenters. The molecule has 0 radical (unpaired) electrons. The number of hydrogen-bond acceptors (Lipinski definition) is 3. The number of carbonyl (C=O) groups excluding carboxylic acids is 1. The van der Waals surface area contributed by atoms with Crippen LogP contribution in [-0.2, 0) is 0 Å². The smallest absolute Gasteiger partial charge is 0.251 e. The lowest BCUT2D eigenvalue weighted by atomic mass is 10.0. The molecule has 0 saturated heterocycles. The van der Waals surface area contributed by atoms with E-state index in [0.29, 0.717) is 12.1 Å². The number of amides is 1. The first-order valence-electron chi connectivity index (χ1n) is 10.8. The summed E-state index contributed by atoms with van der Waals surface area (Å²) in [6, 6.07) is 15.8. The molecule has 4 nitrogen and oxygen atoms in total. The highest BCUT2D eigenvalue weighted by atomic mass is 16.5. The van der Waals surface area contributed by atoms with Crippen LogP contribution in [0.1, 0.15) is 62.2 Å². The molecule has 1 N–H and O–H groups in total. The van der Waals surface area contributed by atoms with Gasteiger partial charge in [0.1, 0.15) is 5.75 Å². The molecular formula is C25H34N2O2. The third-order valence-corrected chi connectivity index (χ3v) is 4.84. The summed E-state index contributed by atoms with van der Waals surface area (Å²) in [6.07, 6.45) is 10.1. The van der Waals surface area contributed by atoms with Gasteiger partial charge in [-0.1, -0.05) is 63.3 Å². The maximum Gasteiger partial charge on any atom is 0.251 e. The molecule has 0 bridgehead atoms. The third kappa shape index (κ3) is 8.51. The molecule has 2 aromatic rings. The molecule has 0 aliphatic heterocycles. The molecule has 4 heteroatoms. The summed E-state index contributed by atoms with van der Waals surface area (Å²) in [5, 5.41) is 2.89. The Balaban J connectivity index is 1.78. The molecular weight excluding hydrogens is 360 g/mol. The summed E-state index contributed by atoms with van der Waals surface area (Å²) >= 11 is 0. The van der Waals surface area contributed by atoms with Crippen molar-refractivity contribution in [2.24, 2.45) is 4.99 Å². The Hall–Kier alpha value is -2.62. The van der Waals surface area contributed by atoms with Crippen molar-refractivity contribution in [1.82, 2.24) is 5.32 Å². The molecule has 0 aliphatic rings. The molecule has 29 heavy (non-hydrogen) atoms. The Kier molecular flexibility index (Phi) is 10.6. The Morgan fingerprint density at radius 1 is 0.931 bits per heavy atom. The van der Waals surface area contributed by atoms with E-state index < -0.39 is 0 Å². The van der Waals surface area contributed by atoms with E-state index in [4.69, 9.17) is 4.74 Å². The summed E-state index contributed by atoms with van der Waals surface area (Å²) < 4.78 is 5.85. The normalized spacial score (nSPS) is 11.0. The lowest BCUT2D eigenvalue weighted by Gasteiger charge is -2.08. The predicted octanol–water partition coefficient (Wildman–Crippen LogP) is 5.91. The fourth-order valence-electron chi connectivity index (χ4n) is 3.11. The van der Waals surface area contributed by atoms with Crippen LogP contribution >= 0.6 is 0 Å². The summed E-state index contributed by atoms with van der Waals surface area (Å²) in [4.78, 5) is 16.0. The first kappa shape index (κ1) is 22.7. The quantitative estimate of drug-likeness (QED) is 0.339. The topological polar surface area (TPSA) is 50.7 Å². The zero-order chi connectivity index (χ0) is 20.7. The molecule has 0 heterocycles. The van der Waals surface area contributed by atoms with E-state index in [1.165, 1.54) is 32.1 Å².